The number of hydrogen-bond donors (Lipinski definition) is 1. The number of benzene rings is 1. The fourth-order valence-corrected chi connectivity index (χ4v) is 7.96. The number of Topliss-reactive ketones (excluding diaryl/α,β-unsaturated/α-hetero) is 1. The molecule has 3 aliphatic carbocycles. The Hall–Kier alpha value is -2.07. The summed E-state index contributed by atoms with van der Waals surface area (Å²) in [6.45, 7) is 12.0. The molecule has 3 aliphatic rings. The van der Waals surface area contributed by atoms with Crippen molar-refractivity contribution < 1.29 is 19.4 Å². The first-order valence-corrected chi connectivity index (χ1v) is 13.8. The number of hydrogen-bond acceptors (Lipinski definition) is 4. The smallest absolute Gasteiger partial charge is 0.166 e. The molecule has 0 bridgehead atoms. The number of methoxy groups -OCH3 is 2. The van der Waals surface area contributed by atoms with Crippen LogP contribution in [0.4, 0.5) is 0 Å². The lowest BCUT2D eigenvalue weighted by atomic mass is 9.48. The molecular formula is C32H46O4. The quantitative estimate of drug-likeness (QED) is 0.396. The van der Waals surface area contributed by atoms with E-state index >= 15 is 0 Å². The molecule has 4 heteroatoms. The van der Waals surface area contributed by atoms with Gasteiger partial charge in [-0.25, -0.2) is 0 Å². The lowest BCUT2D eigenvalue weighted by Crippen LogP contribution is -2.48. The molecule has 4 nitrogen and oxygen atoms in total. The molecule has 1 aromatic rings. The molecule has 0 unspecified atom stereocenters. The van der Waals surface area contributed by atoms with Gasteiger partial charge in [0.15, 0.2) is 5.78 Å². The van der Waals surface area contributed by atoms with Crippen molar-refractivity contribution in [3.05, 3.63) is 46.6 Å². The lowest BCUT2D eigenvalue weighted by molar-refractivity contribution is -0.0390. The molecule has 0 amide bonds. The van der Waals surface area contributed by atoms with Crippen LogP contribution < -0.4 is 9.47 Å². The Labute approximate surface area is 218 Å². The first-order valence-electron chi connectivity index (χ1n) is 13.8. The molecule has 0 aromatic heterocycles. The third kappa shape index (κ3) is 4.90. The average molecular weight is 495 g/mol. The highest BCUT2D eigenvalue weighted by molar-refractivity contribution is 6.01. The molecule has 1 fully saturated rings. The van der Waals surface area contributed by atoms with Gasteiger partial charge in [-0.2, -0.15) is 0 Å². The summed E-state index contributed by atoms with van der Waals surface area (Å²) in [6.07, 6.45) is 12.2. The van der Waals surface area contributed by atoms with Crippen LogP contribution in [0.2, 0.25) is 0 Å². The van der Waals surface area contributed by atoms with Crippen molar-refractivity contribution in [2.75, 3.05) is 14.2 Å². The number of carbonyl (C=O) groups is 1. The Balaban J connectivity index is 1.52. The second-order valence-corrected chi connectivity index (χ2v) is 12.5. The maximum atomic E-state index is 12.7. The van der Waals surface area contributed by atoms with Crippen molar-refractivity contribution in [3.63, 3.8) is 0 Å². The number of aliphatic hydroxyl groups is 1. The molecule has 198 valence electrons. The molecule has 4 rings (SSSR count). The van der Waals surface area contributed by atoms with Crippen LogP contribution in [-0.4, -0.2) is 31.2 Å². The van der Waals surface area contributed by atoms with Gasteiger partial charge in [0.05, 0.1) is 25.9 Å². The van der Waals surface area contributed by atoms with Gasteiger partial charge in [-0.15, -0.1) is 0 Å². The third-order valence-corrected chi connectivity index (χ3v) is 9.91. The Morgan fingerprint density at radius 1 is 1.19 bits per heavy atom. The highest BCUT2D eigenvalue weighted by Crippen LogP contribution is 2.60. The van der Waals surface area contributed by atoms with E-state index in [0.717, 1.165) is 24.3 Å². The van der Waals surface area contributed by atoms with Gasteiger partial charge in [-0.1, -0.05) is 50.5 Å². The molecule has 0 spiro atoms. The van der Waals surface area contributed by atoms with Crippen LogP contribution in [0.5, 0.6) is 11.5 Å². The zero-order valence-electron chi connectivity index (χ0n) is 23.4. The molecule has 36 heavy (non-hydrogen) atoms. The summed E-state index contributed by atoms with van der Waals surface area (Å²) in [5.74, 6) is 2.45. The maximum absolute atomic E-state index is 12.7. The number of ether oxygens (including phenoxy) is 2. The summed E-state index contributed by atoms with van der Waals surface area (Å²) >= 11 is 0. The van der Waals surface area contributed by atoms with Crippen LogP contribution in [0.25, 0.3) is 0 Å². The van der Waals surface area contributed by atoms with Crippen LogP contribution in [0, 0.1) is 22.7 Å². The van der Waals surface area contributed by atoms with Gasteiger partial charge >= 0.3 is 0 Å². The predicted molar refractivity (Wildman–Crippen MR) is 146 cm³/mol. The second-order valence-electron chi connectivity index (χ2n) is 12.5. The summed E-state index contributed by atoms with van der Waals surface area (Å²) in [6, 6.07) is 3.65. The molecule has 1 aromatic carbocycles. The largest absolute Gasteiger partial charge is 0.497 e. The van der Waals surface area contributed by atoms with Crippen LogP contribution in [0.15, 0.2) is 35.4 Å². The van der Waals surface area contributed by atoms with E-state index in [2.05, 4.69) is 40.7 Å². The summed E-state index contributed by atoms with van der Waals surface area (Å²) in [5, 5.41) is 11.3. The Kier molecular flexibility index (Phi) is 7.76. The van der Waals surface area contributed by atoms with Crippen molar-refractivity contribution in [1.82, 2.24) is 0 Å². The van der Waals surface area contributed by atoms with E-state index in [0.29, 0.717) is 46.7 Å². The van der Waals surface area contributed by atoms with E-state index in [-0.39, 0.29) is 11.7 Å². The summed E-state index contributed by atoms with van der Waals surface area (Å²) in [7, 11) is 3.19. The minimum atomic E-state index is -0.645. The first-order chi connectivity index (χ1) is 17.0. The predicted octanol–water partition coefficient (Wildman–Crippen LogP) is 7.65. The Morgan fingerprint density at radius 2 is 1.94 bits per heavy atom. The van der Waals surface area contributed by atoms with E-state index < -0.39 is 6.10 Å². The molecular weight excluding hydrogens is 448 g/mol. The lowest BCUT2D eigenvalue weighted by Gasteiger charge is -2.57. The molecule has 0 heterocycles. The zero-order chi connectivity index (χ0) is 26.3. The van der Waals surface area contributed by atoms with Gasteiger partial charge in [-0.3, -0.25) is 4.79 Å². The summed E-state index contributed by atoms with van der Waals surface area (Å²) < 4.78 is 11.0. The van der Waals surface area contributed by atoms with E-state index in [4.69, 9.17) is 9.47 Å². The van der Waals surface area contributed by atoms with Gasteiger partial charge < -0.3 is 14.6 Å². The second kappa shape index (κ2) is 10.4. The topological polar surface area (TPSA) is 55.8 Å². The highest BCUT2D eigenvalue weighted by Gasteiger charge is 2.51. The number of fused-ring (bicyclic) bond motifs is 2. The van der Waals surface area contributed by atoms with Gasteiger partial charge in [0.25, 0.3) is 0 Å². The number of rotatable bonds is 7. The van der Waals surface area contributed by atoms with E-state index in [1.807, 2.05) is 12.1 Å². The fourth-order valence-electron chi connectivity index (χ4n) is 7.96. The highest BCUT2D eigenvalue weighted by atomic mass is 16.5. The molecule has 1 saturated carbocycles. The average Bonchev–Trinajstić information content (AvgIpc) is 2.82. The molecule has 0 saturated heterocycles. The van der Waals surface area contributed by atoms with E-state index in [1.54, 1.807) is 25.9 Å². The SMILES string of the molecule is COc1cc(OC)c2c(c1)[C@H]([C@H](O)/C=C(\C)CC[C@@H]1C(C)=CC[C@@H]3C(C)(C)CCC[C@@]13C)CCC2=O. The molecule has 0 aliphatic heterocycles. The minimum Gasteiger partial charge on any atom is -0.497 e. The van der Waals surface area contributed by atoms with Gasteiger partial charge in [0.2, 0.25) is 0 Å². The van der Waals surface area contributed by atoms with Gasteiger partial charge in [0.1, 0.15) is 11.5 Å². The van der Waals surface area contributed by atoms with Crippen molar-refractivity contribution >= 4 is 5.78 Å². The van der Waals surface area contributed by atoms with Crippen molar-refractivity contribution in [2.24, 2.45) is 22.7 Å². The van der Waals surface area contributed by atoms with Crippen molar-refractivity contribution in [2.45, 2.75) is 98.0 Å². The Bertz CT molecular complexity index is 1050. The minimum absolute atomic E-state index is 0.0754. The first kappa shape index (κ1) is 27.0. The molecule has 1 N–H and O–H groups in total. The Morgan fingerprint density at radius 3 is 2.64 bits per heavy atom. The third-order valence-electron chi connectivity index (χ3n) is 9.91. The fraction of sp³-hybridized carbons (Fsp3) is 0.656. The van der Waals surface area contributed by atoms with Gasteiger partial charge in [-0.05, 0) is 86.7 Å². The van der Waals surface area contributed by atoms with E-state index in [1.165, 1.54) is 31.3 Å². The normalized spacial score (nSPS) is 30.7. The number of allylic oxidation sites excluding steroid dienone is 3. The van der Waals surface area contributed by atoms with Gasteiger partial charge in [0, 0.05) is 18.4 Å². The standard InChI is InChI=1S/C32H46O4/c1-20(9-12-25-21(2)10-14-29-31(3,4)15-8-16-32(25,29)5)17-27(34)23-11-13-26(33)30-24(23)18-22(35-6)19-28(30)36-7/h10,17-19,23,25,27,29,34H,8-9,11-16H2,1-7H3/b20-17+/t23-,25-,27-,29-,32+/m1/s1. The van der Waals surface area contributed by atoms with Crippen LogP contribution >= 0.6 is 0 Å². The zero-order valence-corrected chi connectivity index (χ0v) is 23.4. The van der Waals surface area contributed by atoms with Crippen molar-refractivity contribution in [1.29, 1.82) is 0 Å². The monoisotopic (exact) mass is 494 g/mol. The van der Waals surface area contributed by atoms with Crippen LogP contribution in [-0.2, 0) is 0 Å². The maximum Gasteiger partial charge on any atom is 0.166 e. The summed E-state index contributed by atoms with van der Waals surface area (Å²) in [4.78, 5) is 12.7. The number of carbonyl (C=O) groups excluding carboxylic acids is 1. The summed E-state index contributed by atoms with van der Waals surface area (Å²) in [5.41, 5.74) is 4.97. The number of aliphatic hydroxyl groups excluding tert-OH is 1. The van der Waals surface area contributed by atoms with E-state index in [9.17, 15) is 9.90 Å². The number of ketones is 1. The van der Waals surface area contributed by atoms with Crippen LogP contribution in [0.3, 0.4) is 0 Å². The molecule has 5 atom stereocenters. The molecule has 0 radical (unpaired) electrons. The van der Waals surface area contributed by atoms with Crippen molar-refractivity contribution in [3.8, 4) is 11.5 Å². The van der Waals surface area contributed by atoms with Crippen LogP contribution in [0.1, 0.15) is 108 Å².